The predicted octanol–water partition coefficient (Wildman–Crippen LogP) is 2.99. The van der Waals surface area contributed by atoms with Crippen molar-refractivity contribution in [3.8, 4) is 5.75 Å². The van der Waals surface area contributed by atoms with Crippen molar-refractivity contribution >= 4 is 27.3 Å². The van der Waals surface area contributed by atoms with E-state index in [-0.39, 0.29) is 21.4 Å². The number of aromatic hydroxyl groups is 1. The Hall–Kier alpha value is -1.79. The van der Waals surface area contributed by atoms with Gasteiger partial charge >= 0.3 is 0 Å². The molecule has 2 aromatic rings. The molecule has 0 aliphatic heterocycles. The number of nitrogens with one attached hydrogen (secondary N) is 1. The Balaban J connectivity index is 2.36. The fourth-order valence-electron chi connectivity index (χ4n) is 1.42. The highest BCUT2D eigenvalue weighted by molar-refractivity contribution is 7.92. The van der Waals surface area contributed by atoms with Crippen LogP contribution in [0.4, 0.5) is 10.1 Å². The molecule has 0 aliphatic carbocycles. The third-order valence-corrected chi connectivity index (χ3v) is 4.04. The van der Waals surface area contributed by atoms with E-state index in [9.17, 15) is 17.9 Å². The summed E-state index contributed by atoms with van der Waals surface area (Å²) in [5.74, 6) is -0.903. The molecule has 0 atom stereocenters. The molecule has 2 aromatic carbocycles. The maximum Gasteiger partial charge on any atom is 0.262 e. The lowest BCUT2D eigenvalue weighted by molar-refractivity contribution is 0.478. The number of sulfonamides is 1. The van der Waals surface area contributed by atoms with Crippen LogP contribution in [-0.2, 0) is 10.0 Å². The molecule has 0 aromatic heterocycles. The minimum Gasteiger partial charge on any atom is -0.504 e. The Kier molecular flexibility index (Phi) is 3.64. The zero-order chi connectivity index (χ0) is 14.0. The molecule has 100 valence electrons. The number of anilines is 1. The Bertz CT molecular complexity index is 701. The van der Waals surface area contributed by atoms with Crippen LogP contribution >= 0.6 is 11.6 Å². The molecule has 0 heterocycles. The zero-order valence-corrected chi connectivity index (χ0v) is 11.0. The number of phenolic OH excluding ortho intramolecular Hbond substituents is 1. The first kappa shape index (κ1) is 13.6. The van der Waals surface area contributed by atoms with Gasteiger partial charge < -0.3 is 5.11 Å². The molecule has 0 spiro atoms. The normalized spacial score (nSPS) is 11.3. The molecule has 2 rings (SSSR count). The summed E-state index contributed by atoms with van der Waals surface area (Å²) >= 11 is 5.68. The summed E-state index contributed by atoms with van der Waals surface area (Å²) in [6.07, 6.45) is 0. The first-order chi connectivity index (χ1) is 8.90. The maximum atomic E-state index is 12.7. The molecule has 0 unspecified atom stereocenters. The summed E-state index contributed by atoms with van der Waals surface area (Å²) in [5, 5.41) is 9.66. The van der Waals surface area contributed by atoms with E-state index in [1.165, 1.54) is 18.2 Å². The van der Waals surface area contributed by atoms with E-state index in [2.05, 4.69) is 4.72 Å². The molecule has 0 bridgehead atoms. The second kappa shape index (κ2) is 5.07. The first-order valence-corrected chi connectivity index (χ1v) is 7.02. The first-order valence-electron chi connectivity index (χ1n) is 5.16. The molecule has 0 saturated heterocycles. The predicted molar refractivity (Wildman–Crippen MR) is 70.3 cm³/mol. The SMILES string of the molecule is O=S(=O)(Nc1cccc(Cl)c1O)c1ccc(F)cc1. The van der Waals surface area contributed by atoms with Crippen molar-refractivity contribution in [2.45, 2.75) is 4.90 Å². The quantitative estimate of drug-likeness (QED) is 0.857. The van der Waals surface area contributed by atoms with E-state index >= 15 is 0 Å². The van der Waals surface area contributed by atoms with Crippen LogP contribution in [0.2, 0.25) is 5.02 Å². The van der Waals surface area contributed by atoms with E-state index in [0.717, 1.165) is 24.3 Å². The molecule has 0 saturated carbocycles. The fourth-order valence-corrected chi connectivity index (χ4v) is 2.66. The van der Waals surface area contributed by atoms with Gasteiger partial charge in [-0.05, 0) is 36.4 Å². The fraction of sp³-hybridized carbons (Fsp3) is 0. The van der Waals surface area contributed by atoms with Gasteiger partial charge in [0.05, 0.1) is 15.6 Å². The highest BCUT2D eigenvalue weighted by atomic mass is 35.5. The Labute approximate surface area is 114 Å². The average molecular weight is 302 g/mol. The van der Waals surface area contributed by atoms with Crippen LogP contribution in [0.25, 0.3) is 0 Å². The summed E-state index contributed by atoms with van der Waals surface area (Å²) in [6, 6.07) is 8.59. The van der Waals surface area contributed by atoms with Crippen molar-refractivity contribution in [1.29, 1.82) is 0 Å². The van der Waals surface area contributed by atoms with Crippen LogP contribution in [0.3, 0.4) is 0 Å². The molecule has 7 heteroatoms. The zero-order valence-electron chi connectivity index (χ0n) is 9.47. The smallest absolute Gasteiger partial charge is 0.262 e. The molecular weight excluding hydrogens is 293 g/mol. The van der Waals surface area contributed by atoms with E-state index in [1.807, 2.05) is 0 Å². The van der Waals surface area contributed by atoms with Gasteiger partial charge in [-0.25, -0.2) is 12.8 Å². The maximum absolute atomic E-state index is 12.7. The monoisotopic (exact) mass is 301 g/mol. The molecule has 0 fully saturated rings. The van der Waals surface area contributed by atoms with Crippen LogP contribution in [0.5, 0.6) is 5.75 Å². The lowest BCUT2D eigenvalue weighted by Gasteiger charge is -2.10. The Morgan fingerprint density at radius 3 is 2.37 bits per heavy atom. The topological polar surface area (TPSA) is 66.4 Å². The van der Waals surface area contributed by atoms with E-state index in [4.69, 9.17) is 11.6 Å². The van der Waals surface area contributed by atoms with Crippen molar-refractivity contribution < 1.29 is 17.9 Å². The van der Waals surface area contributed by atoms with Crippen LogP contribution in [0.15, 0.2) is 47.4 Å². The van der Waals surface area contributed by atoms with Crippen LogP contribution in [0.1, 0.15) is 0 Å². The standard InChI is InChI=1S/C12H9ClFNO3S/c13-10-2-1-3-11(12(10)16)15-19(17,18)9-6-4-8(14)5-7-9/h1-7,15-16H. The summed E-state index contributed by atoms with van der Waals surface area (Å²) in [4.78, 5) is -0.117. The Morgan fingerprint density at radius 2 is 1.74 bits per heavy atom. The number of rotatable bonds is 3. The van der Waals surface area contributed by atoms with Crippen molar-refractivity contribution in [3.63, 3.8) is 0 Å². The van der Waals surface area contributed by atoms with Gasteiger partial charge in [-0.1, -0.05) is 17.7 Å². The summed E-state index contributed by atoms with van der Waals surface area (Å²) in [7, 11) is -3.90. The van der Waals surface area contributed by atoms with Gasteiger partial charge in [0.15, 0.2) is 5.75 Å². The average Bonchev–Trinajstić information content (AvgIpc) is 2.35. The van der Waals surface area contributed by atoms with Gasteiger partial charge in [0, 0.05) is 0 Å². The highest BCUT2D eigenvalue weighted by Gasteiger charge is 2.16. The number of hydrogen-bond acceptors (Lipinski definition) is 3. The number of phenols is 1. The van der Waals surface area contributed by atoms with Crippen molar-refractivity contribution in [2.75, 3.05) is 4.72 Å². The van der Waals surface area contributed by atoms with Gasteiger partial charge in [0.1, 0.15) is 5.82 Å². The van der Waals surface area contributed by atoms with Crippen molar-refractivity contribution in [2.24, 2.45) is 0 Å². The number of benzene rings is 2. The van der Waals surface area contributed by atoms with Crippen LogP contribution in [0, 0.1) is 5.82 Å². The molecule has 0 aliphatic rings. The van der Waals surface area contributed by atoms with Crippen molar-refractivity contribution in [3.05, 3.63) is 53.3 Å². The van der Waals surface area contributed by atoms with Gasteiger partial charge in [-0.2, -0.15) is 0 Å². The minimum absolute atomic E-state index is 0.0271. The molecule has 0 amide bonds. The summed E-state index contributed by atoms with van der Waals surface area (Å²) < 4.78 is 38.9. The number of hydrogen-bond donors (Lipinski definition) is 2. The molecular formula is C12H9ClFNO3S. The van der Waals surface area contributed by atoms with Gasteiger partial charge in [0.2, 0.25) is 0 Å². The van der Waals surface area contributed by atoms with Gasteiger partial charge in [-0.15, -0.1) is 0 Å². The molecule has 19 heavy (non-hydrogen) atoms. The number of halogens is 2. The van der Waals surface area contributed by atoms with E-state index < -0.39 is 15.8 Å². The molecule has 2 N–H and O–H groups in total. The van der Waals surface area contributed by atoms with Gasteiger partial charge in [0.25, 0.3) is 10.0 Å². The Morgan fingerprint density at radius 1 is 1.11 bits per heavy atom. The lowest BCUT2D eigenvalue weighted by atomic mass is 10.3. The molecule has 4 nitrogen and oxygen atoms in total. The van der Waals surface area contributed by atoms with Crippen molar-refractivity contribution in [1.82, 2.24) is 0 Å². The second-order valence-electron chi connectivity index (χ2n) is 3.70. The second-order valence-corrected chi connectivity index (χ2v) is 5.79. The highest BCUT2D eigenvalue weighted by Crippen LogP contribution is 2.32. The molecule has 0 radical (unpaired) electrons. The van der Waals surface area contributed by atoms with Gasteiger partial charge in [-0.3, -0.25) is 4.72 Å². The van der Waals surface area contributed by atoms with Crippen LogP contribution in [-0.4, -0.2) is 13.5 Å². The third kappa shape index (κ3) is 2.97. The summed E-state index contributed by atoms with van der Waals surface area (Å²) in [6.45, 7) is 0. The minimum atomic E-state index is -3.90. The van der Waals surface area contributed by atoms with Crippen LogP contribution < -0.4 is 4.72 Å². The van der Waals surface area contributed by atoms with E-state index in [1.54, 1.807) is 0 Å². The summed E-state index contributed by atoms with van der Waals surface area (Å²) in [5.41, 5.74) is -0.0446. The number of para-hydroxylation sites is 1. The van der Waals surface area contributed by atoms with E-state index in [0.29, 0.717) is 0 Å². The largest absolute Gasteiger partial charge is 0.504 e. The third-order valence-electron chi connectivity index (χ3n) is 2.36. The lowest BCUT2D eigenvalue weighted by Crippen LogP contribution is -2.13.